The molecule has 1 aliphatic rings. The third-order valence-corrected chi connectivity index (χ3v) is 5.81. The smallest absolute Gasteiger partial charge is 0.254 e. The number of pyridine rings is 1. The summed E-state index contributed by atoms with van der Waals surface area (Å²) in [5.41, 5.74) is 3.21. The van der Waals surface area contributed by atoms with Crippen molar-refractivity contribution in [2.45, 2.75) is 26.7 Å². The molecule has 0 aromatic carbocycles. The van der Waals surface area contributed by atoms with Crippen molar-refractivity contribution in [3.05, 3.63) is 34.8 Å². The van der Waals surface area contributed by atoms with Crippen molar-refractivity contribution in [2.75, 3.05) is 13.1 Å². The molecule has 130 valence electrons. The van der Waals surface area contributed by atoms with Crippen LogP contribution in [0.4, 0.5) is 0 Å². The summed E-state index contributed by atoms with van der Waals surface area (Å²) >= 11 is 1.64. The second-order valence-electron chi connectivity index (χ2n) is 6.94. The topological polar surface area (TPSA) is 51.0 Å². The molecule has 1 atom stereocenters. The number of carbonyl (C=O) groups is 1. The Morgan fingerprint density at radius 3 is 2.96 bits per heavy atom. The van der Waals surface area contributed by atoms with Gasteiger partial charge in [0.2, 0.25) is 0 Å². The van der Waals surface area contributed by atoms with Gasteiger partial charge < -0.3 is 4.90 Å². The number of thiophene rings is 1. The van der Waals surface area contributed by atoms with Crippen LogP contribution in [0.2, 0.25) is 0 Å². The first-order valence-electron chi connectivity index (χ1n) is 8.72. The lowest BCUT2D eigenvalue weighted by Gasteiger charge is -2.31. The van der Waals surface area contributed by atoms with Crippen molar-refractivity contribution < 1.29 is 4.79 Å². The quantitative estimate of drug-likeness (QED) is 0.702. The molecule has 6 heteroatoms. The van der Waals surface area contributed by atoms with Crippen LogP contribution in [0.3, 0.4) is 0 Å². The van der Waals surface area contributed by atoms with Gasteiger partial charge >= 0.3 is 0 Å². The number of hydrogen-bond acceptors (Lipinski definition) is 4. The third kappa shape index (κ3) is 2.84. The van der Waals surface area contributed by atoms with Gasteiger partial charge in [-0.15, -0.1) is 11.3 Å². The highest BCUT2D eigenvalue weighted by atomic mass is 32.1. The number of carbonyl (C=O) groups excluding carboxylic acids is 1. The summed E-state index contributed by atoms with van der Waals surface area (Å²) in [6.45, 7) is 5.83. The molecule has 25 heavy (non-hydrogen) atoms. The van der Waals surface area contributed by atoms with Gasteiger partial charge in [0, 0.05) is 20.1 Å². The number of nitrogens with zero attached hydrogens (tertiary/aromatic N) is 4. The van der Waals surface area contributed by atoms with Crippen LogP contribution in [0, 0.1) is 12.8 Å². The zero-order valence-electron chi connectivity index (χ0n) is 14.8. The van der Waals surface area contributed by atoms with E-state index in [9.17, 15) is 4.79 Å². The molecule has 0 N–H and O–H groups in total. The summed E-state index contributed by atoms with van der Waals surface area (Å²) in [5, 5.41) is 7.41. The molecular weight excluding hydrogens is 332 g/mol. The first kappa shape index (κ1) is 16.3. The Kier molecular flexibility index (Phi) is 4.07. The zero-order chi connectivity index (χ0) is 17.6. The van der Waals surface area contributed by atoms with E-state index < -0.39 is 0 Å². The summed E-state index contributed by atoms with van der Waals surface area (Å²) < 4.78 is 1.78. The lowest BCUT2D eigenvalue weighted by molar-refractivity contribution is 0.0685. The molecule has 0 aliphatic carbocycles. The maximum absolute atomic E-state index is 13.3. The number of rotatable bonds is 2. The Balaban J connectivity index is 1.87. The third-order valence-electron chi connectivity index (χ3n) is 4.92. The molecule has 1 amide bonds. The summed E-state index contributed by atoms with van der Waals surface area (Å²) in [6.07, 6.45) is 2.27. The van der Waals surface area contributed by atoms with Gasteiger partial charge in [0.15, 0.2) is 5.65 Å². The van der Waals surface area contributed by atoms with Gasteiger partial charge in [-0.3, -0.25) is 9.48 Å². The molecule has 0 saturated carbocycles. The van der Waals surface area contributed by atoms with E-state index in [1.54, 1.807) is 16.0 Å². The van der Waals surface area contributed by atoms with Gasteiger partial charge in [-0.1, -0.05) is 13.0 Å². The molecule has 4 rings (SSSR count). The van der Waals surface area contributed by atoms with Crippen molar-refractivity contribution in [3.8, 4) is 10.6 Å². The molecule has 0 unspecified atom stereocenters. The fourth-order valence-electron chi connectivity index (χ4n) is 3.71. The van der Waals surface area contributed by atoms with Crippen LogP contribution in [0.5, 0.6) is 0 Å². The zero-order valence-corrected chi connectivity index (χ0v) is 15.6. The maximum atomic E-state index is 13.3. The van der Waals surface area contributed by atoms with E-state index in [4.69, 9.17) is 4.98 Å². The number of hydrogen-bond donors (Lipinski definition) is 0. The minimum atomic E-state index is 0.104. The van der Waals surface area contributed by atoms with Crippen LogP contribution in [0.15, 0.2) is 23.6 Å². The molecule has 3 aromatic rings. The van der Waals surface area contributed by atoms with Crippen LogP contribution in [-0.2, 0) is 7.05 Å². The van der Waals surface area contributed by atoms with Crippen LogP contribution in [0.1, 0.15) is 35.8 Å². The number of fused-ring (bicyclic) bond motifs is 1. The summed E-state index contributed by atoms with van der Waals surface area (Å²) in [7, 11) is 1.89. The number of likely N-dealkylation sites (tertiary alicyclic amines) is 1. The molecule has 1 saturated heterocycles. The van der Waals surface area contributed by atoms with Gasteiger partial charge in [-0.25, -0.2) is 4.98 Å². The summed E-state index contributed by atoms with van der Waals surface area (Å²) in [6, 6.07) is 6.00. The summed E-state index contributed by atoms with van der Waals surface area (Å²) in [4.78, 5) is 21.2. The predicted molar refractivity (Wildman–Crippen MR) is 101 cm³/mol. The fraction of sp³-hybridized carbons (Fsp3) is 0.421. The van der Waals surface area contributed by atoms with E-state index in [1.165, 1.54) is 6.42 Å². The van der Waals surface area contributed by atoms with Crippen LogP contribution < -0.4 is 0 Å². The van der Waals surface area contributed by atoms with Crippen molar-refractivity contribution in [1.29, 1.82) is 0 Å². The van der Waals surface area contributed by atoms with Crippen molar-refractivity contribution in [3.63, 3.8) is 0 Å². The number of aryl methyl sites for hydroxylation is 2. The lowest BCUT2D eigenvalue weighted by Crippen LogP contribution is -2.39. The minimum Gasteiger partial charge on any atom is -0.338 e. The van der Waals surface area contributed by atoms with Gasteiger partial charge in [-0.05, 0) is 43.2 Å². The van der Waals surface area contributed by atoms with Crippen molar-refractivity contribution >= 4 is 28.3 Å². The second-order valence-corrected chi connectivity index (χ2v) is 7.89. The number of amides is 1. The Labute approximate surface area is 151 Å². The molecule has 0 spiro atoms. The van der Waals surface area contributed by atoms with Gasteiger partial charge in [0.1, 0.15) is 0 Å². The lowest BCUT2D eigenvalue weighted by atomic mass is 9.99. The van der Waals surface area contributed by atoms with E-state index in [-0.39, 0.29) is 5.91 Å². The predicted octanol–water partition coefficient (Wildman–Crippen LogP) is 3.88. The van der Waals surface area contributed by atoms with Crippen molar-refractivity contribution in [2.24, 2.45) is 13.0 Å². The molecule has 1 fully saturated rings. The Morgan fingerprint density at radius 1 is 1.40 bits per heavy atom. The highest BCUT2D eigenvalue weighted by Crippen LogP contribution is 2.30. The van der Waals surface area contributed by atoms with Crippen LogP contribution in [0.25, 0.3) is 21.6 Å². The number of piperidine rings is 1. The highest BCUT2D eigenvalue weighted by Gasteiger charge is 2.26. The average molecular weight is 354 g/mol. The van der Waals surface area contributed by atoms with E-state index in [0.717, 1.165) is 52.4 Å². The standard InChI is InChI=1S/C19H22N4OS/c1-12-6-4-8-23(11-12)19(24)14-10-15(16-7-5-9-25-16)20-18-17(14)13(2)21-22(18)3/h5,7,9-10,12H,4,6,8,11H2,1-3H3/t12-/m1/s1. The van der Waals surface area contributed by atoms with Gasteiger partial charge in [0.25, 0.3) is 5.91 Å². The molecule has 1 aliphatic heterocycles. The van der Waals surface area contributed by atoms with Crippen LogP contribution in [-0.4, -0.2) is 38.7 Å². The largest absolute Gasteiger partial charge is 0.338 e. The molecule has 5 nitrogen and oxygen atoms in total. The van der Waals surface area contributed by atoms with Gasteiger partial charge in [0.05, 0.1) is 27.2 Å². The highest BCUT2D eigenvalue weighted by molar-refractivity contribution is 7.13. The maximum Gasteiger partial charge on any atom is 0.254 e. The van der Waals surface area contributed by atoms with Gasteiger partial charge in [-0.2, -0.15) is 5.10 Å². The Bertz CT molecular complexity index is 929. The first-order valence-corrected chi connectivity index (χ1v) is 9.60. The molecular formula is C19H22N4OS. The fourth-order valence-corrected chi connectivity index (χ4v) is 4.39. The summed E-state index contributed by atoms with van der Waals surface area (Å²) in [5.74, 6) is 0.662. The van der Waals surface area contributed by atoms with E-state index in [1.807, 2.05) is 42.5 Å². The van der Waals surface area contributed by atoms with E-state index >= 15 is 0 Å². The van der Waals surface area contributed by atoms with Crippen molar-refractivity contribution in [1.82, 2.24) is 19.7 Å². The minimum absolute atomic E-state index is 0.104. The Hall–Kier alpha value is -2.21. The second kappa shape index (κ2) is 6.26. The molecule has 4 heterocycles. The van der Waals surface area contributed by atoms with E-state index in [2.05, 4.69) is 12.0 Å². The first-order chi connectivity index (χ1) is 12.0. The van der Waals surface area contributed by atoms with E-state index in [0.29, 0.717) is 5.92 Å². The molecule has 0 radical (unpaired) electrons. The normalized spacial score (nSPS) is 18.0. The number of aromatic nitrogens is 3. The average Bonchev–Trinajstić information content (AvgIpc) is 3.23. The SMILES string of the molecule is Cc1nn(C)c2nc(-c3cccs3)cc(C(=O)N3CCC[C@@H](C)C3)c12. The van der Waals surface area contributed by atoms with Crippen LogP contribution >= 0.6 is 11.3 Å². The monoisotopic (exact) mass is 354 g/mol. The Morgan fingerprint density at radius 2 is 2.24 bits per heavy atom. The molecule has 3 aromatic heterocycles. The molecule has 0 bridgehead atoms.